The van der Waals surface area contributed by atoms with Crippen LogP contribution < -0.4 is 16.0 Å². The molecule has 0 radical (unpaired) electrons. The highest BCUT2D eigenvalue weighted by Gasteiger charge is 2.23. The van der Waals surface area contributed by atoms with Gasteiger partial charge in [-0.2, -0.15) is 5.26 Å². The zero-order valence-corrected chi connectivity index (χ0v) is 20.3. The quantitative estimate of drug-likeness (QED) is 0.388. The lowest BCUT2D eigenvalue weighted by molar-refractivity contribution is 0.103. The summed E-state index contributed by atoms with van der Waals surface area (Å²) in [4.78, 5) is 16.7. The van der Waals surface area contributed by atoms with Crippen molar-refractivity contribution >= 4 is 33.7 Å². The van der Waals surface area contributed by atoms with E-state index in [2.05, 4.69) is 40.5 Å². The van der Waals surface area contributed by atoms with Gasteiger partial charge in [-0.15, -0.1) is 0 Å². The first-order valence-corrected chi connectivity index (χ1v) is 12.4. The molecule has 184 valence electrons. The van der Waals surface area contributed by atoms with Crippen molar-refractivity contribution in [1.29, 1.82) is 5.26 Å². The topological polar surface area (TPSA) is 85.4 Å². The molecule has 0 aliphatic carbocycles. The molecule has 1 saturated heterocycles. The monoisotopic (exact) mass is 491 g/mol. The molecule has 3 N–H and O–H groups in total. The maximum Gasteiger partial charge on any atom is 0.256 e. The van der Waals surface area contributed by atoms with E-state index in [-0.39, 0.29) is 11.7 Å². The number of piperazine rings is 1. The van der Waals surface area contributed by atoms with Crippen LogP contribution in [0, 0.1) is 17.1 Å². The van der Waals surface area contributed by atoms with Gasteiger partial charge < -0.3 is 16.0 Å². The van der Waals surface area contributed by atoms with E-state index in [1.54, 1.807) is 18.2 Å². The number of hydrogen-bond acceptors (Lipinski definition) is 5. The zero-order valence-electron chi connectivity index (χ0n) is 20.3. The molecule has 4 aromatic carbocycles. The molecule has 0 atom stereocenters. The van der Waals surface area contributed by atoms with Crippen LogP contribution in [0.5, 0.6) is 0 Å². The maximum absolute atomic E-state index is 14.4. The first-order chi connectivity index (χ1) is 18.0. The molecule has 37 heavy (non-hydrogen) atoms. The molecule has 2 aliphatic heterocycles. The number of amides is 1. The van der Waals surface area contributed by atoms with Crippen LogP contribution >= 0.6 is 0 Å². The van der Waals surface area contributed by atoms with Gasteiger partial charge in [-0.1, -0.05) is 30.3 Å². The van der Waals surface area contributed by atoms with Crippen LogP contribution in [0.15, 0.2) is 66.7 Å². The van der Waals surface area contributed by atoms with Crippen molar-refractivity contribution in [2.24, 2.45) is 0 Å². The van der Waals surface area contributed by atoms with E-state index < -0.39 is 0 Å². The number of rotatable bonds is 5. The summed E-state index contributed by atoms with van der Waals surface area (Å²) >= 11 is 0. The van der Waals surface area contributed by atoms with Crippen molar-refractivity contribution in [2.75, 3.05) is 42.1 Å². The smallest absolute Gasteiger partial charge is 0.256 e. The predicted molar refractivity (Wildman–Crippen MR) is 144 cm³/mol. The number of anilines is 3. The van der Waals surface area contributed by atoms with E-state index in [4.69, 9.17) is 11.0 Å². The maximum atomic E-state index is 14.4. The Balaban J connectivity index is 1.11. The summed E-state index contributed by atoms with van der Waals surface area (Å²) in [6.07, 6.45) is 0.753. The molecular weight excluding hydrogens is 465 g/mol. The first kappa shape index (κ1) is 23.0. The van der Waals surface area contributed by atoms with Crippen LogP contribution in [0.25, 0.3) is 10.8 Å². The van der Waals surface area contributed by atoms with E-state index in [0.29, 0.717) is 22.5 Å². The lowest BCUT2D eigenvalue weighted by Crippen LogP contribution is -2.46. The number of nitriles is 1. The standard InChI is InChI=1S/C30H26FN5O/c31-26-14-21(17-32)5-8-28(26)36-11-9-35(10-12-36)18-20-3-1-19(2-4-20)13-22-6-7-27-29-24(22)15-23(33)16-25(29)30(37)34-27/h1-8,14-16H,9-13,18,33H2,(H,34,37). The summed E-state index contributed by atoms with van der Waals surface area (Å²) < 4.78 is 14.4. The van der Waals surface area contributed by atoms with Crippen molar-refractivity contribution < 1.29 is 9.18 Å². The van der Waals surface area contributed by atoms with Gasteiger partial charge >= 0.3 is 0 Å². The molecule has 1 fully saturated rings. The molecule has 7 heteroatoms. The van der Waals surface area contributed by atoms with Crippen LogP contribution in [0.4, 0.5) is 21.5 Å². The first-order valence-electron chi connectivity index (χ1n) is 12.4. The van der Waals surface area contributed by atoms with Crippen LogP contribution in [-0.4, -0.2) is 37.0 Å². The average Bonchev–Trinajstić information content (AvgIpc) is 3.23. The summed E-state index contributed by atoms with van der Waals surface area (Å²) in [5.41, 5.74) is 12.7. The third kappa shape index (κ3) is 4.37. The molecule has 0 bridgehead atoms. The van der Waals surface area contributed by atoms with E-state index in [1.807, 2.05) is 23.1 Å². The summed E-state index contributed by atoms with van der Waals surface area (Å²) in [6, 6.07) is 23.0. The number of carbonyl (C=O) groups is 1. The van der Waals surface area contributed by atoms with Crippen molar-refractivity contribution in [1.82, 2.24) is 4.90 Å². The molecule has 4 aromatic rings. The normalized spacial score (nSPS) is 15.1. The average molecular weight is 492 g/mol. The molecule has 2 heterocycles. The SMILES string of the molecule is N#Cc1ccc(N2CCN(Cc3ccc(Cc4ccc5c6c(cc(N)cc46)C(=O)N5)cc3)CC2)c(F)c1. The minimum absolute atomic E-state index is 0.100. The highest BCUT2D eigenvalue weighted by atomic mass is 19.1. The van der Waals surface area contributed by atoms with Crippen LogP contribution in [0.3, 0.4) is 0 Å². The van der Waals surface area contributed by atoms with Gasteiger partial charge in [0.15, 0.2) is 0 Å². The van der Waals surface area contributed by atoms with Gasteiger partial charge in [-0.25, -0.2) is 4.39 Å². The van der Waals surface area contributed by atoms with Gasteiger partial charge in [-0.3, -0.25) is 9.69 Å². The number of hydrogen-bond donors (Lipinski definition) is 2. The molecule has 2 aliphatic rings. The summed E-state index contributed by atoms with van der Waals surface area (Å²) in [7, 11) is 0. The van der Waals surface area contributed by atoms with Gasteiger partial charge in [0.25, 0.3) is 5.91 Å². The van der Waals surface area contributed by atoms with Crippen molar-refractivity contribution in [3.63, 3.8) is 0 Å². The number of carbonyl (C=O) groups excluding carboxylic acids is 1. The lowest BCUT2D eigenvalue weighted by Gasteiger charge is -2.36. The van der Waals surface area contributed by atoms with Crippen molar-refractivity contribution in [3.8, 4) is 6.07 Å². The largest absolute Gasteiger partial charge is 0.399 e. The number of benzene rings is 4. The fraction of sp³-hybridized carbons (Fsp3) is 0.200. The molecular formula is C30H26FN5O. The van der Waals surface area contributed by atoms with Crippen molar-refractivity contribution in [2.45, 2.75) is 13.0 Å². The molecule has 0 spiro atoms. The Kier molecular flexibility index (Phi) is 5.74. The second-order valence-electron chi connectivity index (χ2n) is 9.75. The fourth-order valence-electron chi connectivity index (χ4n) is 5.41. The Bertz CT molecular complexity index is 1570. The van der Waals surface area contributed by atoms with Gasteiger partial charge in [0.2, 0.25) is 0 Å². The molecule has 0 unspecified atom stereocenters. The molecule has 0 saturated carbocycles. The number of nitrogens with one attached hydrogen (secondary N) is 1. The minimum Gasteiger partial charge on any atom is -0.399 e. The predicted octanol–water partition coefficient (Wildman–Crippen LogP) is 4.91. The number of nitrogen functional groups attached to an aromatic ring is 1. The van der Waals surface area contributed by atoms with Gasteiger partial charge in [0.1, 0.15) is 5.82 Å². The van der Waals surface area contributed by atoms with E-state index >= 15 is 0 Å². The van der Waals surface area contributed by atoms with Crippen LogP contribution in [0.2, 0.25) is 0 Å². The third-order valence-corrected chi connectivity index (χ3v) is 7.33. The summed E-state index contributed by atoms with van der Waals surface area (Å²) in [5, 5.41) is 13.9. The second-order valence-corrected chi connectivity index (χ2v) is 9.75. The lowest BCUT2D eigenvalue weighted by atomic mass is 9.95. The minimum atomic E-state index is -0.339. The molecule has 6 nitrogen and oxygen atoms in total. The van der Waals surface area contributed by atoms with Gasteiger partial charge in [0.05, 0.1) is 22.9 Å². The second kappa shape index (κ2) is 9.23. The Hall–Kier alpha value is -4.41. The van der Waals surface area contributed by atoms with E-state index in [0.717, 1.165) is 61.2 Å². The Morgan fingerprint density at radius 3 is 2.43 bits per heavy atom. The molecule has 6 rings (SSSR count). The Morgan fingerprint density at radius 1 is 0.946 bits per heavy atom. The zero-order chi connectivity index (χ0) is 25.5. The number of nitrogens with zero attached hydrogens (tertiary/aromatic N) is 3. The van der Waals surface area contributed by atoms with E-state index in [9.17, 15) is 9.18 Å². The van der Waals surface area contributed by atoms with Crippen LogP contribution in [0.1, 0.15) is 32.6 Å². The van der Waals surface area contributed by atoms with Gasteiger partial charge in [-0.05, 0) is 64.9 Å². The van der Waals surface area contributed by atoms with E-state index in [1.165, 1.54) is 17.2 Å². The number of halogens is 1. The Labute approximate surface area is 214 Å². The Morgan fingerprint density at radius 2 is 1.70 bits per heavy atom. The highest BCUT2D eigenvalue weighted by molar-refractivity contribution is 6.25. The summed E-state index contributed by atoms with van der Waals surface area (Å²) in [5.74, 6) is -0.439. The molecule has 0 aromatic heterocycles. The summed E-state index contributed by atoms with van der Waals surface area (Å²) in [6.45, 7) is 4.01. The number of nitrogens with two attached hydrogens (primary N) is 1. The fourth-order valence-corrected chi connectivity index (χ4v) is 5.41. The van der Waals surface area contributed by atoms with Gasteiger partial charge in [0, 0.05) is 49.5 Å². The molecule has 1 amide bonds. The highest BCUT2D eigenvalue weighted by Crippen LogP contribution is 2.37. The van der Waals surface area contributed by atoms with Crippen LogP contribution in [-0.2, 0) is 13.0 Å². The van der Waals surface area contributed by atoms with Crippen molar-refractivity contribution in [3.05, 3.63) is 100 Å². The third-order valence-electron chi connectivity index (χ3n) is 7.33.